The van der Waals surface area contributed by atoms with Crippen LogP contribution in [0.3, 0.4) is 0 Å². The van der Waals surface area contributed by atoms with E-state index in [-0.39, 0.29) is 0 Å². The normalized spacial score (nSPS) is 28.1. The molecular formula is C13H21NO. The Labute approximate surface area is 92.1 Å². The minimum absolute atomic E-state index is 0.419. The van der Waals surface area contributed by atoms with E-state index in [4.69, 9.17) is 4.42 Å². The van der Waals surface area contributed by atoms with Crippen LogP contribution in [0.25, 0.3) is 0 Å². The first-order chi connectivity index (χ1) is 7.33. The summed E-state index contributed by atoms with van der Waals surface area (Å²) in [4.78, 5) is 0. The maximum absolute atomic E-state index is 5.55. The molecule has 0 aromatic carbocycles. The van der Waals surface area contributed by atoms with Crippen molar-refractivity contribution in [3.8, 4) is 0 Å². The Kier molecular flexibility index (Phi) is 3.47. The van der Waals surface area contributed by atoms with Crippen LogP contribution in [0, 0.1) is 11.8 Å². The Bertz CT molecular complexity index is 281. The van der Waals surface area contributed by atoms with E-state index in [0.29, 0.717) is 6.04 Å². The Morgan fingerprint density at radius 2 is 2.40 bits per heavy atom. The number of hydrogen-bond acceptors (Lipinski definition) is 2. The monoisotopic (exact) mass is 207 g/mol. The first-order valence-electron chi connectivity index (χ1n) is 6.09. The number of hydrogen-bond donors (Lipinski definition) is 1. The SMILES string of the molecule is CCNC(c1ccco1)C1CCCC1C. The summed E-state index contributed by atoms with van der Waals surface area (Å²) in [7, 11) is 0. The summed E-state index contributed by atoms with van der Waals surface area (Å²) < 4.78 is 5.55. The predicted octanol–water partition coefficient (Wildman–Crippen LogP) is 3.37. The molecule has 1 aromatic heterocycles. The van der Waals surface area contributed by atoms with E-state index in [9.17, 15) is 0 Å². The highest BCUT2D eigenvalue weighted by Gasteiger charge is 2.32. The molecule has 1 aromatic rings. The van der Waals surface area contributed by atoms with E-state index < -0.39 is 0 Å². The highest BCUT2D eigenvalue weighted by Crippen LogP contribution is 2.40. The largest absolute Gasteiger partial charge is 0.468 e. The average molecular weight is 207 g/mol. The van der Waals surface area contributed by atoms with E-state index >= 15 is 0 Å². The molecule has 1 saturated carbocycles. The third kappa shape index (κ3) is 2.25. The van der Waals surface area contributed by atoms with Gasteiger partial charge in [0.15, 0.2) is 0 Å². The molecule has 2 nitrogen and oxygen atoms in total. The van der Waals surface area contributed by atoms with Crippen molar-refractivity contribution in [2.45, 2.75) is 39.2 Å². The molecule has 3 atom stereocenters. The molecule has 1 heterocycles. The summed E-state index contributed by atoms with van der Waals surface area (Å²) in [6.45, 7) is 5.54. The fourth-order valence-electron chi connectivity index (χ4n) is 2.82. The van der Waals surface area contributed by atoms with Gasteiger partial charge in [-0.1, -0.05) is 26.7 Å². The summed E-state index contributed by atoms with van der Waals surface area (Å²) >= 11 is 0. The van der Waals surface area contributed by atoms with Gasteiger partial charge in [0.25, 0.3) is 0 Å². The van der Waals surface area contributed by atoms with Crippen LogP contribution in [0.15, 0.2) is 22.8 Å². The van der Waals surface area contributed by atoms with Crippen molar-refractivity contribution in [1.29, 1.82) is 0 Å². The second kappa shape index (κ2) is 4.84. The van der Waals surface area contributed by atoms with E-state index in [2.05, 4.69) is 25.2 Å². The molecule has 1 aliphatic rings. The zero-order chi connectivity index (χ0) is 10.7. The second-order valence-electron chi connectivity index (χ2n) is 4.62. The van der Waals surface area contributed by atoms with Gasteiger partial charge in [0.05, 0.1) is 12.3 Å². The first-order valence-corrected chi connectivity index (χ1v) is 6.09. The smallest absolute Gasteiger partial charge is 0.120 e. The predicted molar refractivity (Wildman–Crippen MR) is 61.6 cm³/mol. The van der Waals surface area contributed by atoms with Crippen LogP contribution in [0.5, 0.6) is 0 Å². The molecule has 15 heavy (non-hydrogen) atoms. The van der Waals surface area contributed by atoms with Gasteiger partial charge >= 0.3 is 0 Å². The summed E-state index contributed by atoms with van der Waals surface area (Å²) in [6.07, 6.45) is 5.85. The van der Waals surface area contributed by atoms with Crippen LogP contribution in [0.2, 0.25) is 0 Å². The Morgan fingerprint density at radius 1 is 1.53 bits per heavy atom. The molecule has 0 bridgehead atoms. The fourth-order valence-corrected chi connectivity index (χ4v) is 2.82. The maximum Gasteiger partial charge on any atom is 0.120 e. The number of nitrogens with one attached hydrogen (secondary N) is 1. The van der Waals surface area contributed by atoms with Gasteiger partial charge in [-0.2, -0.15) is 0 Å². The zero-order valence-corrected chi connectivity index (χ0v) is 9.70. The van der Waals surface area contributed by atoms with Crippen molar-refractivity contribution in [3.63, 3.8) is 0 Å². The second-order valence-corrected chi connectivity index (χ2v) is 4.62. The molecule has 1 fully saturated rings. The molecule has 2 rings (SSSR count). The van der Waals surface area contributed by atoms with Gasteiger partial charge in [-0.3, -0.25) is 0 Å². The van der Waals surface area contributed by atoms with E-state index in [1.807, 2.05) is 6.07 Å². The lowest BCUT2D eigenvalue weighted by Gasteiger charge is -2.25. The minimum Gasteiger partial charge on any atom is -0.468 e. The van der Waals surface area contributed by atoms with Crippen molar-refractivity contribution in [2.24, 2.45) is 11.8 Å². The van der Waals surface area contributed by atoms with Crippen LogP contribution in [-0.4, -0.2) is 6.54 Å². The topological polar surface area (TPSA) is 25.2 Å². The Morgan fingerprint density at radius 3 is 2.93 bits per heavy atom. The summed E-state index contributed by atoms with van der Waals surface area (Å²) in [5.41, 5.74) is 0. The lowest BCUT2D eigenvalue weighted by molar-refractivity contribution is 0.269. The fraction of sp³-hybridized carbons (Fsp3) is 0.692. The van der Waals surface area contributed by atoms with Crippen molar-refractivity contribution in [3.05, 3.63) is 24.2 Å². The molecule has 1 N–H and O–H groups in total. The van der Waals surface area contributed by atoms with Crippen molar-refractivity contribution < 1.29 is 4.42 Å². The number of furan rings is 1. The summed E-state index contributed by atoms with van der Waals surface area (Å²) in [5, 5.41) is 3.56. The molecule has 84 valence electrons. The maximum atomic E-state index is 5.55. The molecule has 1 aliphatic carbocycles. The van der Waals surface area contributed by atoms with Crippen molar-refractivity contribution >= 4 is 0 Å². The molecular weight excluding hydrogens is 186 g/mol. The molecule has 0 saturated heterocycles. The summed E-state index contributed by atoms with van der Waals surface area (Å²) in [6, 6.07) is 4.50. The van der Waals surface area contributed by atoms with Crippen LogP contribution < -0.4 is 5.32 Å². The highest BCUT2D eigenvalue weighted by atomic mass is 16.3. The first kappa shape index (κ1) is 10.7. The molecule has 0 spiro atoms. The minimum atomic E-state index is 0.419. The van der Waals surface area contributed by atoms with Gasteiger partial charge in [0.1, 0.15) is 5.76 Å². The van der Waals surface area contributed by atoms with Gasteiger partial charge in [-0.05, 0) is 36.9 Å². The number of rotatable bonds is 4. The molecule has 0 radical (unpaired) electrons. The molecule has 3 unspecified atom stereocenters. The Balaban J connectivity index is 2.12. The van der Waals surface area contributed by atoms with Crippen molar-refractivity contribution in [2.75, 3.05) is 6.54 Å². The zero-order valence-electron chi connectivity index (χ0n) is 9.70. The van der Waals surface area contributed by atoms with E-state index in [1.54, 1.807) is 6.26 Å². The standard InChI is InChI=1S/C13H21NO/c1-3-14-13(12-8-5-9-15-12)11-7-4-6-10(11)2/h5,8-11,13-14H,3-4,6-7H2,1-2H3. The van der Waals surface area contributed by atoms with Crippen LogP contribution in [-0.2, 0) is 0 Å². The summed E-state index contributed by atoms with van der Waals surface area (Å²) in [5.74, 6) is 2.67. The highest BCUT2D eigenvalue weighted by molar-refractivity contribution is 5.07. The van der Waals surface area contributed by atoms with Gasteiger partial charge in [0, 0.05) is 0 Å². The van der Waals surface area contributed by atoms with Crippen LogP contribution in [0.4, 0.5) is 0 Å². The lowest BCUT2D eigenvalue weighted by Crippen LogP contribution is -2.29. The quantitative estimate of drug-likeness (QED) is 0.819. The lowest BCUT2D eigenvalue weighted by atomic mass is 9.89. The van der Waals surface area contributed by atoms with Crippen LogP contribution in [0.1, 0.15) is 44.9 Å². The van der Waals surface area contributed by atoms with Crippen molar-refractivity contribution in [1.82, 2.24) is 5.32 Å². The van der Waals surface area contributed by atoms with Crippen LogP contribution >= 0.6 is 0 Å². The van der Waals surface area contributed by atoms with Gasteiger partial charge < -0.3 is 9.73 Å². The van der Waals surface area contributed by atoms with Gasteiger partial charge in [0.2, 0.25) is 0 Å². The molecule has 0 amide bonds. The molecule has 0 aliphatic heterocycles. The molecule has 2 heteroatoms. The third-order valence-electron chi connectivity index (χ3n) is 3.63. The average Bonchev–Trinajstić information content (AvgIpc) is 2.85. The van der Waals surface area contributed by atoms with Gasteiger partial charge in [-0.25, -0.2) is 0 Å². The van der Waals surface area contributed by atoms with Gasteiger partial charge in [-0.15, -0.1) is 0 Å². The van der Waals surface area contributed by atoms with E-state index in [1.165, 1.54) is 19.3 Å². The third-order valence-corrected chi connectivity index (χ3v) is 3.63. The Hall–Kier alpha value is -0.760. The van der Waals surface area contributed by atoms with E-state index in [0.717, 1.165) is 24.1 Å².